The molecule has 102 valence electrons. The molecule has 1 fully saturated rings. The number of nitrogens with one attached hydrogen (secondary N) is 1. The molecule has 0 aromatic heterocycles. The van der Waals surface area contributed by atoms with Crippen molar-refractivity contribution in [2.45, 2.75) is 6.54 Å². The molecule has 1 amide bonds. The molecule has 7 nitrogen and oxygen atoms in total. The van der Waals surface area contributed by atoms with Gasteiger partial charge in [0.2, 0.25) is 5.91 Å². The number of primary amides is 1. The maximum absolute atomic E-state index is 11.1. The van der Waals surface area contributed by atoms with Crippen molar-refractivity contribution in [3.63, 3.8) is 0 Å². The molecule has 0 aliphatic carbocycles. The molecule has 0 saturated carbocycles. The van der Waals surface area contributed by atoms with Gasteiger partial charge in [-0.15, -0.1) is 0 Å². The van der Waals surface area contributed by atoms with Crippen LogP contribution in [0.4, 0.5) is 5.69 Å². The minimum atomic E-state index is -0.656. The van der Waals surface area contributed by atoms with Gasteiger partial charge < -0.3 is 11.1 Å². The smallest absolute Gasteiger partial charge is 0.274 e. The number of benzene rings is 1. The molecule has 0 radical (unpaired) electrons. The lowest BCUT2D eigenvalue weighted by molar-refractivity contribution is -0.385. The van der Waals surface area contributed by atoms with Crippen LogP contribution in [0.3, 0.4) is 0 Å². The third-order valence-electron chi connectivity index (χ3n) is 3.17. The summed E-state index contributed by atoms with van der Waals surface area (Å²) < 4.78 is 0. The van der Waals surface area contributed by atoms with Crippen molar-refractivity contribution in [3.05, 3.63) is 39.4 Å². The molecular formula is C12H16N4O3. The molecular weight excluding hydrogens is 248 g/mol. The average molecular weight is 264 g/mol. The predicted octanol–water partition coefficient (Wildman–Crippen LogP) is 0.0989. The highest BCUT2D eigenvalue weighted by molar-refractivity contribution is 5.93. The van der Waals surface area contributed by atoms with Gasteiger partial charge in [0.15, 0.2) is 0 Å². The molecule has 1 heterocycles. The highest BCUT2D eigenvalue weighted by Gasteiger charge is 2.19. The zero-order valence-corrected chi connectivity index (χ0v) is 10.5. The third kappa shape index (κ3) is 3.27. The van der Waals surface area contributed by atoms with Crippen molar-refractivity contribution < 1.29 is 9.72 Å². The SMILES string of the molecule is NC(=O)c1ccc(CN2CCNCC2)c([N+](=O)[O-])c1. The molecule has 7 heteroatoms. The highest BCUT2D eigenvalue weighted by Crippen LogP contribution is 2.22. The fourth-order valence-electron chi connectivity index (χ4n) is 2.13. The van der Waals surface area contributed by atoms with Gasteiger partial charge in [0.25, 0.3) is 5.69 Å². The number of hydrogen-bond acceptors (Lipinski definition) is 5. The lowest BCUT2D eigenvalue weighted by Crippen LogP contribution is -2.42. The second kappa shape index (κ2) is 5.77. The number of nitro groups is 1. The van der Waals surface area contributed by atoms with Crippen LogP contribution in [-0.2, 0) is 6.54 Å². The molecule has 1 aliphatic rings. The number of rotatable bonds is 4. The number of amides is 1. The van der Waals surface area contributed by atoms with Crippen LogP contribution in [0.2, 0.25) is 0 Å². The monoisotopic (exact) mass is 264 g/mol. The summed E-state index contributed by atoms with van der Waals surface area (Å²) in [6, 6.07) is 4.40. The average Bonchev–Trinajstić information content (AvgIpc) is 2.39. The van der Waals surface area contributed by atoms with Crippen LogP contribution < -0.4 is 11.1 Å². The lowest BCUT2D eigenvalue weighted by Gasteiger charge is -2.27. The topological polar surface area (TPSA) is 102 Å². The molecule has 1 aliphatic heterocycles. The van der Waals surface area contributed by atoms with Crippen LogP contribution in [0.5, 0.6) is 0 Å². The number of carbonyl (C=O) groups is 1. The van der Waals surface area contributed by atoms with Crippen molar-refractivity contribution >= 4 is 11.6 Å². The first kappa shape index (κ1) is 13.4. The van der Waals surface area contributed by atoms with Crippen molar-refractivity contribution in [3.8, 4) is 0 Å². The Hall–Kier alpha value is -1.99. The number of hydrogen-bond donors (Lipinski definition) is 2. The summed E-state index contributed by atoms with van der Waals surface area (Å²) in [7, 11) is 0. The molecule has 2 rings (SSSR count). The van der Waals surface area contributed by atoms with E-state index in [2.05, 4.69) is 10.2 Å². The van der Waals surface area contributed by atoms with E-state index in [-0.39, 0.29) is 11.3 Å². The fourth-order valence-corrected chi connectivity index (χ4v) is 2.13. The standard InChI is InChI=1S/C12H16N4O3/c13-12(17)9-1-2-10(11(7-9)16(18)19)8-15-5-3-14-4-6-15/h1-2,7,14H,3-6,8H2,(H2,13,17). The van der Waals surface area contributed by atoms with Crippen molar-refractivity contribution in [2.75, 3.05) is 26.2 Å². The summed E-state index contributed by atoms with van der Waals surface area (Å²) in [6.07, 6.45) is 0. The molecule has 19 heavy (non-hydrogen) atoms. The van der Waals surface area contributed by atoms with Crippen LogP contribution in [-0.4, -0.2) is 41.9 Å². The summed E-state index contributed by atoms with van der Waals surface area (Å²) >= 11 is 0. The predicted molar refractivity (Wildman–Crippen MR) is 69.8 cm³/mol. The maximum atomic E-state index is 11.1. The first-order chi connectivity index (χ1) is 9.08. The number of carbonyl (C=O) groups excluding carboxylic acids is 1. The summed E-state index contributed by atoms with van der Waals surface area (Å²) in [6.45, 7) is 3.99. The molecule has 1 aromatic carbocycles. The van der Waals surface area contributed by atoms with Gasteiger partial charge in [0.1, 0.15) is 0 Å². The van der Waals surface area contributed by atoms with Crippen LogP contribution in [0.15, 0.2) is 18.2 Å². The second-order valence-corrected chi connectivity index (χ2v) is 4.49. The van der Waals surface area contributed by atoms with Crippen molar-refractivity contribution in [1.29, 1.82) is 0 Å². The number of nitro benzene ring substituents is 1. The van der Waals surface area contributed by atoms with Crippen molar-refractivity contribution in [2.24, 2.45) is 5.73 Å². The van der Waals surface area contributed by atoms with Crippen LogP contribution in [0.1, 0.15) is 15.9 Å². The third-order valence-corrected chi connectivity index (χ3v) is 3.17. The second-order valence-electron chi connectivity index (χ2n) is 4.49. The van der Waals surface area contributed by atoms with Gasteiger partial charge in [-0.1, -0.05) is 6.07 Å². The van der Waals surface area contributed by atoms with Gasteiger partial charge in [0.05, 0.1) is 4.92 Å². The normalized spacial score (nSPS) is 16.2. The molecule has 3 N–H and O–H groups in total. The van der Waals surface area contributed by atoms with Gasteiger partial charge >= 0.3 is 0 Å². The fraction of sp³-hybridized carbons (Fsp3) is 0.417. The van der Waals surface area contributed by atoms with E-state index in [1.807, 2.05) is 0 Å². The van der Waals surface area contributed by atoms with Crippen LogP contribution >= 0.6 is 0 Å². The number of piperazine rings is 1. The van der Waals surface area contributed by atoms with E-state index in [0.717, 1.165) is 26.2 Å². The summed E-state index contributed by atoms with van der Waals surface area (Å²) in [5, 5.41) is 14.3. The zero-order valence-electron chi connectivity index (χ0n) is 10.5. The largest absolute Gasteiger partial charge is 0.366 e. The highest BCUT2D eigenvalue weighted by atomic mass is 16.6. The Morgan fingerprint density at radius 1 is 1.42 bits per heavy atom. The zero-order chi connectivity index (χ0) is 13.8. The first-order valence-corrected chi connectivity index (χ1v) is 6.08. The molecule has 1 saturated heterocycles. The van der Waals surface area contributed by atoms with E-state index in [4.69, 9.17) is 5.73 Å². The van der Waals surface area contributed by atoms with Crippen molar-refractivity contribution in [1.82, 2.24) is 10.2 Å². The van der Waals surface area contributed by atoms with E-state index in [9.17, 15) is 14.9 Å². The van der Waals surface area contributed by atoms with E-state index < -0.39 is 10.8 Å². The molecule has 0 bridgehead atoms. The minimum Gasteiger partial charge on any atom is -0.366 e. The Labute approximate surface area is 110 Å². The van der Waals surface area contributed by atoms with E-state index >= 15 is 0 Å². The molecule has 1 aromatic rings. The number of nitrogens with zero attached hydrogens (tertiary/aromatic N) is 2. The molecule has 0 spiro atoms. The van der Waals surface area contributed by atoms with Gasteiger partial charge in [-0.25, -0.2) is 0 Å². The maximum Gasteiger partial charge on any atom is 0.274 e. The summed E-state index contributed by atoms with van der Waals surface area (Å²) in [4.78, 5) is 23.8. The van der Waals surface area contributed by atoms with E-state index in [1.54, 1.807) is 6.07 Å². The first-order valence-electron chi connectivity index (χ1n) is 6.08. The molecule has 0 atom stereocenters. The van der Waals surface area contributed by atoms with Gasteiger partial charge in [0, 0.05) is 49.9 Å². The van der Waals surface area contributed by atoms with Gasteiger partial charge in [-0.3, -0.25) is 19.8 Å². The van der Waals surface area contributed by atoms with Crippen LogP contribution in [0, 0.1) is 10.1 Å². The minimum absolute atomic E-state index is 0.0465. The Morgan fingerprint density at radius 2 is 2.11 bits per heavy atom. The van der Waals surface area contributed by atoms with Gasteiger partial charge in [-0.05, 0) is 6.07 Å². The Balaban J connectivity index is 2.23. The Bertz CT molecular complexity index is 498. The number of nitrogens with two attached hydrogens (primary N) is 1. The molecule has 0 unspecified atom stereocenters. The summed E-state index contributed by atoms with van der Waals surface area (Å²) in [5.74, 6) is -0.656. The van der Waals surface area contributed by atoms with E-state index in [0.29, 0.717) is 12.1 Å². The quantitative estimate of drug-likeness (QED) is 0.593. The van der Waals surface area contributed by atoms with Crippen LogP contribution in [0.25, 0.3) is 0 Å². The Morgan fingerprint density at radius 3 is 2.68 bits per heavy atom. The van der Waals surface area contributed by atoms with Gasteiger partial charge in [-0.2, -0.15) is 0 Å². The Kier molecular flexibility index (Phi) is 4.08. The van der Waals surface area contributed by atoms with E-state index in [1.165, 1.54) is 12.1 Å². The summed E-state index contributed by atoms with van der Waals surface area (Å²) in [5.41, 5.74) is 5.86. The lowest BCUT2D eigenvalue weighted by atomic mass is 10.1.